The summed E-state index contributed by atoms with van der Waals surface area (Å²) in [5, 5.41) is 4.41. The number of fused-ring (bicyclic) bond motifs is 1. The molecule has 8 heteroatoms. The van der Waals surface area contributed by atoms with E-state index in [2.05, 4.69) is 30.9 Å². The van der Waals surface area contributed by atoms with Gasteiger partial charge in [-0.05, 0) is 55.6 Å². The third-order valence-electron chi connectivity index (χ3n) is 4.16. The van der Waals surface area contributed by atoms with Crippen molar-refractivity contribution < 1.29 is 9.53 Å². The minimum atomic E-state index is -0.483. The summed E-state index contributed by atoms with van der Waals surface area (Å²) in [4.78, 5) is 21.7. The molecule has 1 saturated heterocycles. The molecule has 1 aliphatic rings. The van der Waals surface area contributed by atoms with Crippen LogP contribution in [0.3, 0.4) is 0 Å². The van der Waals surface area contributed by atoms with E-state index in [4.69, 9.17) is 11.3 Å². The van der Waals surface area contributed by atoms with Gasteiger partial charge in [0.05, 0.1) is 6.57 Å². The highest BCUT2D eigenvalue weighted by Gasteiger charge is 2.29. The number of ether oxygens (including phenoxy) is 1. The standard InChI is InChI=1S/C17H20BrN5O2/c1-17(2,3)25-16(24)22-9-6-11(7-10-22)12-5-8-20-15-13(19-4)14(18)21-23(12)15/h5,8,11H,6-7,9-10H2,1-3H3. The van der Waals surface area contributed by atoms with Crippen LogP contribution in [-0.2, 0) is 4.74 Å². The summed E-state index contributed by atoms with van der Waals surface area (Å²) in [6.07, 6.45) is 3.10. The molecule has 0 atom stereocenters. The quantitative estimate of drug-likeness (QED) is 0.668. The van der Waals surface area contributed by atoms with Crippen LogP contribution in [0.2, 0.25) is 0 Å². The molecule has 25 heavy (non-hydrogen) atoms. The van der Waals surface area contributed by atoms with Crippen molar-refractivity contribution in [2.45, 2.75) is 45.1 Å². The molecule has 2 aromatic rings. The fraction of sp³-hybridized carbons (Fsp3) is 0.529. The zero-order valence-electron chi connectivity index (χ0n) is 14.5. The Morgan fingerprint density at radius 3 is 2.68 bits per heavy atom. The van der Waals surface area contributed by atoms with Crippen LogP contribution in [0.4, 0.5) is 10.5 Å². The van der Waals surface area contributed by atoms with Crippen LogP contribution in [0, 0.1) is 6.57 Å². The van der Waals surface area contributed by atoms with Crippen LogP contribution < -0.4 is 0 Å². The van der Waals surface area contributed by atoms with Gasteiger partial charge in [0.25, 0.3) is 5.69 Å². The number of likely N-dealkylation sites (tertiary alicyclic amines) is 1. The summed E-state index contributed by atoms with van der Waals surface area (Å²) in [6.45, 7) is 14.2. The van der Waals surface area contributed by atoms with Gasteiger partial charge in [0.2, 0.25) is 0 Å². The highest BCUT2D eigenvalue weighted by molar-refractivity contribution is 9.10. The van der Waals surface area contributed by atoms with Crippen LogP contribution >= 0.6 is 15.9 Å². The largest absolute Gasteiger partial charge is 0.444 e. The van der Waals surface area contributed by atoms with Crippen molar-refractivity contribution in [2.75, 3.05) is 13.1 Å². The molecule has 1 aliphatic heterocycles. The second-order valence-electron chi connectivity index (χ2n) is 7.10. The van der Waals surface area contributed by atoms with E-state index < -0.39 is 5.60 Å². The van der Waals surface area contributed by atoms with Crippen molar-refractivity contribution in [3.8, 4) is 0 Å². The van der Waals surface area contributed by atoms with Crippen molar-refractivity contribution in [3.63, 3.8) is 0 Å². The zero-order valence-corrected chi connectivity index (χ0v) is 16.1. The molecule has 0 aromatic carbocycles. The fourth-order valence-corrected chi connectivity index (χ4v) is 3.44. The van der Waals surface area contributed by atoms with Crippen molar-refractivity contribution in [2.24, 2.45) is 0 Å². The van der Waals surface area contributed by atoms with Gasteiger partial charge in [0, 0.05) is 30.9 Å². The lowest BCUT2D eigenvalue weighted by atomic mass is 9.93. The van der Waals surface area contributed by atoms with Crippen molar-refractivity contribution in [1.29, 1.82) is 0 Å². The summed E-state index contributed by atoms with van der Waals surface area (Å²) in [5.41, 5.74) is 1.52. The zero-order chi connectivity index (χ0) is 18.2. The first-order chi connectivity index (χ1) is 11.8. The summed E-state index contributed by atoms with van der Waals surface area (Å²) in [7, 11) is 0. The number of amides is 1. The molecule has 0 unspecified atom stereocenters. The third-order valence-corrected chi connectivity index (χ3v) is 4.69. The predicted octanol–water partition coefficient (Wildman–Crippen LogP) is 4.16. The molecule has 1 fully saturated rings. The lowest BCUT2D eigenvalue weighted by Crippen LogP contribution is -2.41. The first-order valence-electron chi connectivity index (χ1n) is 8.18. The molecule has 0 N–H and O–H groups in total. The van der Waals surface area contributed by atoms with Gasteiger partial charge in [-0.1, -0.05) is 0 Å². The van der Waals surface area contributed by atoms with Gasteiger partial charge in [-0.3, -0.25) is 0 Å². The minimum absolute atomic E-state index is 0.259. The molecule has 1 amide bonds. The van der Waals surface area contributed by atoms with Crippen LogP contribution in [-0.4, -0.2) is 44.3 Å². The Labute approximate surface area is 154 Å². The number of rotatable bonds is 1. The number of nitrogens with zero attached hydrogens (tertiary/aromatic N) is 5. The van der Waals surface area contributed by atoms with Crippen molar-refractivity contribution in [3.05, 3.63) is 34.0 Å². The van der Waals surface area contributed by atoms with Gasteiger partial charge in [-0.15, -0.1) is 0 Å². The van der Waals surface area contributed by atoms with E-state index in [9.17, 15) is 4.79 Å². The molecule has 0 aliphatic carbocycles. The Bertz CT molecular complexity index is 841. The van der Waals surface area contributed by atoms with Gasteiger partial charge in [0.1, 0.15) is 10.2 Å². The molecule has 132 valence electrons. The maximum atomic E-state index is 12.2. The van der Waals surface area contributed by atoms with E-state index in [0.717, 1.165) is 18.5 Å². The number of hydrogen-bond donors (Lipinski definition) is 0. The highest BCUT2D eigenvalue weighted by Crippen LogP contribution is 2.33. The first kappa shape index (κ1) is 17.7. The lowest BCUT2D eigenvalue weighted by Gasteiger charge is -2.33. The second kappa shape index (κ2) is 6.64. The highest BCUT2D eigenvalue weighted by atomic mass is 79.9. The number of aromatic nitrogens is 3. The monoisotopic (exact) mass is 405 g/mol. The molecule has 2 aromatic heterocycles. The Balaban J connectivity index is 1.77. The van der Waals surface area contributed by atoms with E-state index in [1.807, 2.05) is 26.8 Å². The van der Waals surface area contributed by atoms with Gasteiger partial charge in [-0.25, -0.2) is 19.1 Å². The van der Waals surface area contributed by atoms with Crippen molar-refractivity contribution in [1.82, 2.24) is 19.5 Å². The second-order valence-corrected chi connectivity index (χ2v) is 7.85. The normalized spacial score (nSPS) is 16.0. The van der Waals surface area contributed by atoms with Crippen molar-refractivity contribution >= 4 is 33.4 Å². The molecule has 0 radical (unpaired) electrons. The van der Waals surface area contributed by atoms with Crippen LogP contribution in [0.1, 0.15) is 45.2 Å². The topological polar surface area (TPSA) is 64.1 Å². The number of carbonyl (C=O) groups is 1. The van der Waals surface area contributed by atoms with Crippen LogP contribution in [0.15, 0.2) is 16.9 Å². The van der Waals surface area contributed by atoms with E-state index in [1.165, 1.54) is 0 Å². The predicted molar refractivity (Wildman–Crippen MR) is 96.7 cm³/mol. The first-order valence-corrected chi connectivity index (χ1v) is 8.98. The van der Waals surface area contributed by atoms with Crippen LogP contribution in [0.5, 0.6) is 0 Å². The van der Waals surface area contributed by atoms with E-state index >= 15 is 0 Å². The van der Waals surface area contributed by atoms with E-state index in [-0.39, 0.29) is 12.0 Å². The van der Waals surface area contributed by atoms with E-state index in [0.29, 0.717) is 29.0 Å². The average Bonchev–Trinajstić information content (AvgIpc) is 2.88. The summed E-state index contributed by atoms with van der Waals surface area (Å²) < 4.78 is 7.69. The summed E-state index contributed by atoms with van der Waals surface area (Å²) in [6, 6.07) is 1.94. The maximum Gasteiger partial charge on any atom is 0.410 e. The maximum absolute atomic E-state index is 12.2. The fourth-order valence-electron chi connectivity index (χ4n) is 3.02. The van der Waals surface area contributed by atoms with Gasteiger partial charge in [-0.2, -0.15) is 5.10 Å². The minimum Gasteiger partial charge on any atom is -0.444 e. The molecule has 3 rings (SSSR count). The SMILES string of the molecule is [C-]#[N+]c1c(Br)nn2c(C3CCN(C(=O)OC(C)(C)C)CC3)ccnc12. The van der Waals surface area contributed by atoms with E-state index in [1.54, 1.807) is 15.6 Å². The average molecular weight is 406 g/mol. The molecule has 3 heterocycles. The number of carbonyl (C=O) groups excluding carboxylic acids is 1. The lowest BCUT2D eigenvalue weighted by molar-refractivity contribution is 0.0203. The molecular weight excluding hydrogens is 386 g/mol. The number of piperidine rings is 1. The third kappa shape index (κ3) is 3.61. The number of halogens is 1. The van der Waals surface area contributed by atoms with Gasteiger partial charge < -0.3 is 9.64 Å². The Morgan fingerprint density at radius 1 is 1.40 bits per heavy atom. The Morgan fingerprint density at radius 2 is 2.08 bits per heavy atom. The Kier molecular flexibility index (Phi) is 4.69. The Hall–Kier alpha value is -2.14. The molecule has 0 bridgehead atoms. The molecule has 0 saturated carbocycles. The summed E-state index contributed by atoms with van der Waals surface area (Å²) >= 11 is 3.33. The number of hydrogen-bond acceptors (Lipinski definition) is 4. The smallest absolute Gasteiger partial charge is 0.410 e. The van der Waals surface area contributed by atoms with Gasteiger partial charge >= 0.3 is 6.09 Å². The summed E-state index contributed by atoms with van der Waals surface area (Å²) in [5.74, 6) is 0.259. The molecule has 0 spiro atoms. The van der Waals surface area contributed by atoms with Gasteiger partial charge in [0.15, 0.2) is 5.65 Å². The molecular formula is C17H20BrN5O2. The molecule has 7 nitrogen and oxygen atoms in total. The van der Waals surface area contributed by atoms with Crippen LogP contribution in [0.25, 0.3) is 10.5 Å².